The minimum atomic E-state index is -3.48. The SMILES string of the molecule is Cc1csc(CN)c1S(=O)(=O)NC(C)CCN(C)C. The van der Waals surface area contributed by atoms with E-state index in [-0.39, 0.29) is 12.6 Å². The summed E-state index contributed by atoms with van der Waals surface area (Å²) in [4.78, 5) is 3.10. The van der Waals surface area contributed by atoms with Gasteiger partial charge in [0.1, 0.15) is 4.90 Å². The maximum Gasteiger partial charge on any atom is 0.242 e. The van der Waals surface area contributed by atoms with E-state index in [1.807, 2.05) is 31.3 Å². The van der Waals surface area contributed by atoms with Gasteiger partial charge in [0.2, 0.25) is 10.0 Å². The number of hydrogen-bond donors (Lipinski definition) is 2. The first-order chi connectivity index (χ1) is 8.77. The van der Waals surface area contributed by atoms with Gasteiger partial charge in [-0.3, -0.25) is 0 Å². The molecule has 0 saturated carbocycles. The van der Waals surface area contributed by atoms with Gasteiger partial charge in [0, 0.05) is 17.5 Å². The fourth-order valence-electron chi connectivity index (χ4n) is 1.82. The molecule has 1 atom stereocenters. The molecular formula is C12H23N3O2S2. The van der Waals surface area contributed by atoms with Gasteiger partial charge in [-0.2, -0.15) is 0 Å². The molecule has 0 aliphatic heterocycles. The predicted molar refractivity (Wildman–Crippen MR) is 79.9 cm³/mol. The van der Waals surface area contributed by atoms with Crippen molar-refractivity contribution >= 4 is 21.4 Å². The predicted octanol–water partition coefficient (Wildman–Crippen LogP) is 1.13. The Kier molecular flexibility index (Phi) is 5.94. The molecule has 19 heavy (non-hydrogen) atoms. The maximum absolute atomic E-state index is 12.4. The molecule has 1 heterocycles. The summed E-state index contributed by atoms with van der Waals surface area (Å²) in [7, 11) is 0.462. The number of nitrogens with two attached hydrogens (primary N) is 1. The van der Waals surface area contributed by atoms with E-state index in [1.54, 1.807) is 6.92 Å². The van der Waals surface area contributed by atoms with Crippen molar-refractivity contribution < 1.29 is 8.42 Å². The van der Waals surface area contributed by atoms with Crippen LogP contribution in [0.4, 0.5) is 0 Å². The lowest BCUT2D eigenvalue weighted by Gasteiger charge is -2.17. The van der Waals surface area contributed by atoms with Crippen LogP contribution in [0.15, 0.2) is 10.3 Å². The van der Waals surface area contributed by atoms with E-state index in [4.69, 9.17) is 5.73 Å². The molecule has 1 rings (SSSR count). The van der Waals surface area contributed by atoms with E-state index >= 15 is 0 Å². The van der Waals surface area contributed by atoms with Crippen LogP contribution in [-0.4, -0.2) is 40.0 Å². The standard InChI is InChI=1S/C12H23N3O2S2/c1-9-8-18-11(7-13)12(9)19(16,17)14-10(2)5-6-15(3)4/h8,10,14H,5-7,13H2,1-4H3. The highest BCUT2D eigenvalue weighted by Crippen LogP contribution is 2.26. The first-order valence-corrected chi connectivity index (χ1v) is 8.58. The quantitative estimate of drug-likeness (QED) is 0.792. The zero-order chi connectivity index (χ0) is 14.6. The third kappa shape index (κ3) is 4.54. The van der Waals surface area contributed by atoms with Crippen molar-refractivity contribution in [3.05, 3.63) is 15.8 Å². The second-order valence-electron chi connectivity index (χ2n) is 4.99. The van der Waals surface area contributed by atoms with Crippen LogP contribution < -0.4 is 10.5 Å². The molecule has 0 aliphatic carbocycles. The van der Waals surface area contributed by atoms with Crippen LogP contribution in [0.1, 0.15) is 23.8 Å². The van der Waals surface area contributed by atoms with E-state index in [2.05, 4.69) is 4.72 Å². The second kappa shape index (κ2) is 6.81. The average molecular weight is 305 g/mol. The molecule has 3 N–H and O–H groups in total. The third-order valence-electron chi connectivity index (χ3n) is 2.81. The minimum absolute atomic E-state index is 0.0997. The summed E-state index contributed by atoms with van der Waals surface area (Å²) in [6.07, 6.45) is 0.771. The Morgan fingerprint density at radius 1 is 1.47 bits per heavy atom. The Morgan fingerprint density at radius 3 is 2.63 bits per heavy atom. The molecule has 5 nitrogen and oxygen atoms in total. The summed E-state index contributed by atoms with van der Waals surface area (Å²) >= 11 is 1.40. The largest absolute Gasteiger partial charge is 0.326 e. The van der Waals surface area contributed by atoms with Crippen LogP contribution in [0.3, 0.4) is 0 Å². The Hall–Kier alpha value is -0.470. The Balaban J connectivity index is 2.83. The highest BCUT2D eigenvalue weighted by atomic mass is 32.2. The van der Waals surface area contributed by atoms with Crippen LogP contribution in [0.5, 0.6) is 0 Å². The monoisotopic (exact) mass is 305 g/mol. The van der Waals surface area contributed by atoms with Gasteiger partial charge in [-0.15, -0.1) is 11.3 Å². The van der Waals surface area contributed by atoms with Gasteiger partial charge in [-0.05, 0) is 51.9 Å². The van der Waals surface area contributed by atoms with Crippen molar-refractivity contribution in [2.24, 2.45) is 5.73 Å². The molecule has 0 radical (unpaired) electrons. The van der Waals surface area contributed by atoms with E-state index < -0.39 is 10.0 Å². The average Bonchev–Trinajstić information content (AvgIpc) is 2.68. The first-order valence-electron chi connectivity index (χ1n) is 6.22. The van der Waals surface area contributed by atoms with Crippen molar-refractivity contribution in [3.8, 4) is 0 Å². The highest BCUT2D eigenvalue weighted by Gasteiger charge is 2.24. The molecule has 0 bridgehead atoms. The number of nitrogens with one attached hydrogen (secondary N) is 1. The van der Waals surface area contributed by atoms with Crippen LogP contribution in [0, 0.1) is 6.92 Å². The number of hydrogen-bond acceptors (Lipinski definition) is 5. The summed E-state index contributed by atoms with van der Waals surface area (Å²) in [5, 5.41) is 1.83. The first kappa shape index (κ1) is 16.6. The van der Waals surface area contributed by atoms with Crippen LogP contribution >= 0.6 is 11.3 Å². The fraction of sp³-hybridized carbons (Fsp3) is 0.667. The Labute approximate surface area is 119 Å². The highest BCUT2D eigenvalue weighted by molar-refractivity contribution is 7.89. The molecule has 1 unspecified atom stereocenters. The van der Waals surface area contributed by atoms with Crippen molar-refractivity contribution in [2.45, 2.75) is 37.8 Å². The van der Waals surface area contributed by atoms with Gasteiger partial charge >= 0.3 is 0 Å². The number of sulfonamides is 1. The summed E-state index contributed by atoms with van der Waals surface area (Å²) in [5.41, 5.74) is 6.36. The minimum Gasteiger partial charge on any atom is -0.326 e. The van der Waals surface area contributed by atoms with Gasteiger partial charge < -0.3 is 10.6 Å². The van der Waals surface area contributed by atoms with E-state index in [1.165, 1.54) is 11.3 Å². The molecule has 0 spiro atoms. The van der Waals surface area contributed by atoms with E-state index in [0.717, 1.165) is 18.5 Å². The van der Waals surface area contributed by atoms with E-state index in [0.29, 0.717) is 9.77 Å². The zero-order valence-electron chi connectivity index (χ0n) is 11.9. The van der Waals surface area contributed by atoms with Crippen LogP contribution in [0.2, 0.25) is 0 Å². The fourth-order valence-corrected chi connectivity index (χ4v) is 4.80. The summed E-state index contributed by atoms with van der Waals surface area (Å²) in [6.45, 7) is 4.77. The third-order valence-corrected chi connectivity index (χ3v) is 5.88. The molecular weight excluding hydrogens is 282 g/mol. The number of aryl methyl sites for hydroxylation is 1. The molecule has 7 heteroatoms. The second-order valence-corrected chi connectivity index (χ2v) is 7.60. The maximum atomic E-state index is 12.4. The van der Waals surface area contributed by atoms with Crippen LogP contribution in [-0.2, 0) is 16.6 Å². The lowest BCUT2D eigenvalue weighted by Crippen LogP contribution is -2.35. The van der Waals surface area contributed by atoms with Gasteiger partial charge in [0.05, 0.1) is 0 Å². The summed E-state index contributed by atoms with van der Waals surface area (Å²) in [5.74, 6) is 0. The normalized spacial score (nSPS) is 14.0. The number of thiophene rings is 1. The van der Waals surface area contributed by atoms with Crippen molar-refractivity contribution in [3.63, 3.8) is 0 Å². The molecule has 1 aromatic heterocycles. The molecule has 0 amide bonds. The smallest absolute Gasteiger partial charge is 0.242 e. The molecule has 0 aliphatic rings. The van der Waals surface area contributed by atoms with Gasteiger partial charge in [-0.1, -0.05) is 0 Å². The van der Waals surface area contributed by atoms with Crippen molar-refractivity contribution in [1.29, 1.82) is 0 Å². The Bertz CT molecular complexity index is 509. The number of nitrogens with zero attached hydrogens (tertiary/aromatic N) is 1. The van der Waals surface area contributed by atoms with Crippen LogP contribution in [0.25, 0.3) is 0 Å². The van der Waals surface area contributed by atoms with Crippen molar-refractivity contribution in [1.82, 2.24) is 9.62 Å². The van der Waals surface area contributed by atoms with E-state index in [9.17, 15) is 8.42 Å². The molecule has 0 fully saturated rings. The Morgan fingerprint density at radius 2 is 2.11 bits per heavy atom. The van der Waals surface area contributed by atoms with Gasteiger partial charge in [0.15, 0.2) is 0 Å². The molecule has 1 aromatic rings. The van der Waals surface area contributed by atoms with Crippen molar-refractivity contribution in [2.75, 3.05) is 20.6 Å². The van der Waals surface area contributed by atoms with Gasteiger partial charge in [-0.25, -0.2) is 13.1 Å². The molecule has 110 valence electrons. The number of rotatable bonds is 7. The molecule has 0 saturated heterocycles. The van der Waals surface area contributed by atoms with Gasteiger partial charge in [0.25, 0.3) is 0 Å². The lowest BCUT2D eigenvalue weighted by molar-refractivity contribution is 0.379. The molecule has 0 aromatic carbocycles. The zero-order valence-corrected chi connectivity index (χ0v) is 13.6. The summed E-state index contributed by atoms with van der Waals surface area (Å²) < 4.78 is 27.5. The lowest BCUT2D eigenvalue weighted by atomic mass is 10.2. The topological polar surface area (TPSA) is 75.4 Å². The summed E-state index contributed by atoms with van der Waals surface area (Å²) in [6, 6.07) is -0.0997.